The van der Waals surface area contributed by atoms with Crippen LogP contribution in [0.15, 0.2) is 30.5 Å². The summed E-state index contributed by atoms with van der Waals surface area (Å²) >= 11 is 0. The van der Waals surface area contributed by atoms with Crippen molar-refractivity contribution in [2.45, 2.75) is 46.0 Å². The summed E-state index contributed by atoms with van der Waals surface area (Å²) in [6.07, 6.45) is -3.05. The van der Waals surface area contributed by atoms with Gasteiger partial charge in [-0.25, -0.2) is 9.78 Å². The first-order valence-corrected chi connectivity index (χ1v) is 10.4. The van der Waals surface area contributed by atoms with E-state index in [9.17, 15) is 23.1 Å². The van der Waals surface area contributed by atoms with E-state index in [0.29, 0.717) is 38.5 Å². The fourth-order valence-electron chi connectivity index (χ4n) is 3.84. The number of anilines is 1. The number of hydrogen-bond donors (Lipinski definition) is 1. The Morgan fingerprint density at radius 1 is 1.12 bits per heavy atom. The quantitative estimate of drug-likeness (QED) is 0.707. The number of nitrogens with zero attached hydrogens (tertiary/aromatic N) is 3. The lowest BCUT2D eigenvalue weighted by Gasteiger charge is -2.36. The van der Waals surface area contributed by atoms with Gasteiger partial charge in [-0.2, -0.15) is 13.2 Å². The summed E-state index contributed by atoms with van der Waals surface area (Å²) in [6, 6.07) is 6.30. The first kappa shape index (κ1) is 23.8. The SMILES string of the molecule is Cc1cc(CN2CCN(c3ncccc3C(F)(F)F)CC2)cc(C)c1OC(C)(C)C(=O)O. The van der Waals surface area contributed by atoms with Crippen LogP contribution >= 0.6 is 0 Å². The molecule has 0 aliphatic carbocycles. The Labute approximate surface area is 185 Å². The van der Waals surface area contributed by atoms with Gasteiger partial charge in [0.05, 0.1) is 5.56 Å². The van der Waals surface area contributed by atoms with Gasteiger partial charge in [-0.1, -0.05) is 12.1 Å². The van der Waals surface area contributed by atoms with Gasteiger partial charge in [0.25, 0.3) is 0 Å². The molecule has 0 atom stereocenters. The molecule has 1 aromatic carbocycles. The van der Waals surface area contributed by atoms with E-state index in [1.165, 1.54) is 26.1 Å². The van der Waals surface area contributed by atoms with Gasteiger partial charge >= 0.3 is 12.1 Å². The second kappa shape index (κ2) is 8.97. The zero-order valence-electron chi connectivity index (χ0n) is 18.7. The van der Waals surface area contributed by atoms with E-state index in [-0.39, 0.29) is 5.82 Å². The highest BCUT2D eigenvalue weighted by atomic mass is 19.4. The number of aryl methyl sites for hydroxylation is 2. The molecule has 1 saturated heterocycles. The van der Waals surface area contributed by atoms with Crippen molar-refractivity contribution >= 4 is 11.8 Å². The standard InChI is InChI=1S/C23H28F3N3O3/c1-15-12-17(13-16(2)19(15)32-22(3,4)21(30)31)14-28-8-10-29(11-9-28)20-18(23(24,25)26)6-5-7-27-20/h5-7,12-13H,8-11,14H2,1-4H3,(H,30,31). The van der Waals surface area contributed by atoms with Crippen molar-refractivity contribution in [2.24, 2.45) is 0 Å². The molecule has 0 spiro atoms. The normalized spacial score (nSPS) is 15.7. The van der Waals surface area contributed by atoms with E-state index >= 15 is 0 Å². The molecule has 1 N–H and O–H groups in total. The van der Waals surface area contributed by atoms with Crippen LogP contribution in [0.1, 0.15) is 36.1 Å². The molecule has 0 amide bonds. The van der Waals surface area contributed by atoms with Crippen molar-refractivity contribution in [3.05, 3.63) is 52.7 Å². The van der Waals surface area contributed by atoms with Gasteiger partial charge in [0.15, 0.2) is 5.60 Å². The predicted molar refractivity (Wildman–Crippen MR) is 115 cm³/mol. The van der Waals surface area contributed by atoms with Crippen LogP contribution in [0, 0.1) is 13.8 Å². The number of rotatable bonds is 6. The maximum absolute atomic E-state index is 13.3. The van der Waals surface area contributed by atoms with Crippen LogP contribution in [-0.2, 0) is 17.5 Å². The Kier molecular flexibility index (Phi) is 6.69. The Morgan fingerprint density at radius 3 is 2.25 bits per heavy atom. The summed E-state index contributed by atoms with van der Waals surface area (Å²) in [7, 11) is 0. The van der Waals surface area contributed by atoms with Gasteiger partial charge in [-0.05, 0) is 56.5 Å². The number of carboxylic acids is 1. The van der Waals surface area contributed by atoms with Crippen molar-refractivity contribution in [3.8, 4) is 5.75 Å². The molecule has 2 aromatic rings. The topological polar surface area (TPSA) is 65.9 Å². The van der Waals surface area contributed by atoms with Crippen LogP contribution in [0.25, 0.3) is 0 Å². The van der Waals surface area contributed by atoms with Crippen molar-refractivity contribution in [2.75, 3.05) is 31.1 Å². The molecule has 0 bridgehead atoms. The van der Waals surface area contributed by atoms with Crippen molar-refractivity contribution < 1.29 is 27.8 Å². The molecule has 174 valence electrons. The first-order chi connectivity index (χ1) is 14.9. The summed E-state index contributed by atoms with van der Waals surface area (Å²) < 4.78 is 45.7. The summed E-state index contributed by atoms with van der Waals surface area (Å²) in [5.41, 5.74) is 0.684. The Balaban J connectivity index is 1.67. The van der Waals surface area contributed by atoms with Crippen LogP contribution in [0.4, 0.5) is 19.0 Å². The van der Waals surface area contributed by atoms with Gasteiger partial charge in [0.2, 0.25) is 0 Å². The Bertz CT molecular complexity index is 961. The van der Waals surface area contributed by atoms with E-state index in [2.05, 4.69) is 9.88 Å². The molecule has 0 unspecified atom stereocenters. The number of carbonyl (C=O) groups is 1. The fourth-order valence-corrected chi connectivity index (χ4v) is 3.84. The van der Waals surface area contributed by atoms with Crippen molar-refractivity contribution in [1.82, 2.24) is 9.88 Å². The molecule has 2 heterocycles. The number of alkyl halides is 3. The first-order valence-electron chi connectivity index (χ1n) is 10.4. The minimum Gasteiger partial charge on any atom is -0.478 e. The van der Waals surface area contributed by atoms with Crippen LogP contribution in [0.2, 0.25) is 0 Å². The maximum atomic E-state index is 13.3. The Morgan fingerprint density at radius 2 is 1.72 bits per heavy atom. The van der Waals surface area contributed by atoms with Gasteiger partial charge in [-0.3, -0.25) is 4.90 Å². The van der Waals surface area contributed by atoms with E-state index in [1.807, 2.05) is 26.0 Å². The number of pyridine rings is 1. The number of aliphatic carboxylic acids is 1. The summed E-state index contributed by atoms with van der Waals surface area (Å²) in [5, 5.41) is 9.32. The number of ether oxygens (including phenoxy) is 1. The van der Waals surface area contributed by atoms with E-state index < -0.39 is 23.3 Å². The third kappa shape index (κ3) is 5.32. The molecule has 9 heteroatoms. The van der Waals surface area contributed by atoms with E-state index in [4.69, 9.17) is 4.74 Å². The number of piperazine rings is 1. The van der Waals surface area contributed by atoms with Crippen molar-refractivity contribution in [1.29, 1.82) is 0 Å². The summed E-state index contributed by atoms with van der Waals surface area (Å²) in [5.74, 6) is -0.505. The van der Waals surface area contributed by atoms with E-state index in [0.717, 1.165) is 22.8 Å². The summed E-state index contributed by atoms with van der Waals surface area (Å²) in [6.45, 7) is 9.53. The second-order valence-electron chi connectivity index (χ2n) is 8.61. The predicted octanol–water partition coefficient (Wildman–Crippen LogP) is 4.28. The van der Waals surface area contributed by atoms with Crippen LogP contribution < -0.4 is 9.64 Å². The lowest BCUT2D eigenvalue weighted by atomic mass is 10.0. The van der Waals surface area contributed by atoms with Crippen LogP contribution in [0.5, 0.6) is 5.75 Å². The smallest absolute Gasteiger partial charge is 0.419 e. The molecular formula is C23H28F3N3O3. The molecule has 6 nitrogen and oxygen atoms in total. The molecule has 3 rings (SSSR count). The third-order valence-electron chi connectivity index (χ3n) is 5.56. The highest BCUT2D eigenvalue weighted by Crippen LogP contribution is 2.35. The van der Waals surface area contributed by atoms with Gasteiger partial charge in [0.1, 0.15) is 11.6 Å². The lowest BCUT2D eigenvalue weighted by Crippen LogP contribution is -2.46. The molecule has 0 radical (unpaired) electrons. The average Bonchev–Trinajstić information content (AvgIpc) is 2.71. The van der Waals surface area contributed by atoms with Crippen molar-refractivity contribution in [3.63, 3.8) is 0 Å². The van der Waals surface area contributed by atoms with Gasteiger partial charge in [0, 0.05) is 38.9 Å². The van der Waals surface area contributed by atoms with Crippen LogP contribution in [0.3, 0.4) is 0 Å². The minimum absolute atomic E-state index is 0.0196. The van der Waals surface area contributed by atoms with Gasteiger partial charge < -0.3 is 14.7 Å². The highest BCUT2D eigenvalue weighted by Gasteiger charge is 2.36. The summed E-state index contributed by atoms with van der Waals surface area (Å²) in [4.78, 5) is 19.2. The number of aromatic nitrogens is 1. The maximum Gasteiger partial charge on any atom is 0.419 e. The molecule has 32 heavy (non-hydrogen) atoms. The number of hydrogen-bond acceptors (Lipinski definition) is 5. The molecule has 0 saturated carbocycles. The molecule has 1 fully saturated rings. The minimum atomic E-state index is -4.44. The number of benzene rings is 1. The number of carboxylic acid groups (broad SMARTS) is 1. The largest absolute Gasteiger partial charge is 0.478 e. The number of halogens is 3. The average molecular weight is 451 g/mol. The second-order valence-corrected chi connectivity index (χ2v) is 8.61. The highest BCUT2D eigenvalue weighted by molar-refractivity contribution is 5.77. The van der Waals surface area contributed by atoms with Crippen LogP contribution in [-0.4, -0.2) is 52.7 Å². The molecule has 1 aromatic heterocycles. The molecular weight excluding hydrogens is 423 g/mol. The Hall–Kier alpha value is -2.81. The fraction of sp³-hybridized carbons (Fsp3) is 0.478. The zero-order chi connectivity index (χ0) is 23.7. The zero-order valence-corrected chi connectivity index (χ0v) is 18.7. The molecule has 1 aliphatic rings. The lowest BCUT2D eigenvalue weighted by molar-refractivity contribution is -0.152. The third-order valence-corrected chi connectivity index (χ3v) is 5.56. The molecule has 1 aliphatic heterocycles. The monoisotopic (exact) mass is 451 g/mol. The van der Waals surface area contributed by atoms with E-state index in [1.54, 1.807) is 4.90 Å². The van der Waals surface area contributed by atoms with Gasteiger partial charge in [-0.15, -0.1) is 0 Å².